The highest BCUT2D eigenvalue weighted by molar-refractivity contribution is 5.25. The Morgan fingerprint density at radius 1 is 1.29 bits per heavy atom. The van der Waals surface area contributed by atoms with Crippen molar-refractivity contribution in [1.82, 2.24) is 20.1 Å². The van der Waals surface area contributed by atoms with Gasteiger partial charge >= 0.3 is 0 Å². The topological polar surface area (TPSA) is 42.7 Å². The van der Waals surface area contributed by atoms with E-state index in [4.69, 9.17) is 0 Å². The van der Waals surface area contributed by atoms with Gasteiger partial charge < -0.3 is 5.32 Å². The number of aromatic nitrogens is 3. The van der Waals surface area contributed by atoms with Gasteiger partial charge in [0.05, 0.1) is 13.1 Å². The van der Waals surface area contributed by atoms with Crippen LogP contribution in [0.2, 0.25) is 0 Å². The van der Waals surface area contributed by atoms with Gasteiger partial charge in [-0.2, -0.15) is 5.10 Å². The molecule has 0 saturated heterocycles. The van der Waals surface area contributed by atoms with Gasteiger partial charge in [0, 0.05) is 0 Å². The summed E-state index contributed by atoms with van der Waals surface area (Å²) < 4.78 is 1.95. The van der Waals surface area contributed by atoms with E-state index in [0.29, 0.717) is 0 Å². The Morgan fingerprint density at radius 3 is 2.88 bits per heavy atom. The van der Waals surface area contributed by atoms with Gasteiger partial charge in [-0.3, -0.25) is 0 Å². The lowest BCUT2D eigenvalue weighted by atomic mass is 10.1. The highest BCUT2D eigenvalue weighted by Crippen LogP contribution is 2.09. The SMILES string of the molecule is CCNCc1ncnn1Cc1ccccc1C. The third kappa shape index (κ3) is 2.91. The molecule has 0 bridgehead atoms. The second-order valence-corrected chi connectivity index (χ2v) is 4.04. The number of hydrogen-bond donors (Lipinski definition) is 1. The fraction of sp³-hybridized carbons (Fsp3) is 0.385. The minimum atomic E-state index is 0.766. The van der Waals surface area contributed by atoms with Crippen molar-refractivity contribution in [2.24, 2.45) is 0 Å². The fourth-order valence-electron chi connectivity index (χ4n) is 1.74. The molecule has 2 aromatic rings. The van der Waals surface area contributed by atoms with Gasteiger partial charge in [0.25, 0.3) is 0 Å². The molecule has 0 fully saturated rings. The summed E-state index contributed by atoms with van der Waals surface area (Å²) in [7, 11) is 0. The molecule has 17 heavy (non-hydrogen) atoms. The van der Waals surface area contributed by atoms with E-state index in [-0.39, 0.29) is 0 Å². The number of benzene rings is 1. The highest BCUT2D eigenvalue weighted by Gasteiger charge is 2.05. The van der Waals surface area contributed by atoms with Crippen LogP contribution in [0.5, 0.6) is 0 Å². The Morgan fingerprint density at radius 2 is 2.12 bits per heavy atom. The minimum absolute atomic E-state index is 0.766. The quantitative estimate of drug-likeness (QED) is 0.851. The first kappa shape index (κ1) is 11.8. The Hall–Kier alpha value is -1.68. The summed E-state index contributed by atoms with van der Waals surface area (Å²) in [6.07, 6.45) is 1.62. The lowest BCUT2D eigenvalue weighted by Gasteiger charge is -2.08. The van der Waals surface area contributed by atoms with Crippen LogP contribution in [0.3, 0.4) is 0 Å². The van der Waals surface area contributed by atoms with Crippen molar-refractivity contribution in [3.05, 3.63) is 47.5 Å². The second kappa shape index (κ2) is 5.59. The highest BCUT2D eigenvalue weighted by atomic mass is 15.3. The zero-order chi connectivity index (χ0) is 12.1. The maximum Gasteiger partial charge on any atom is 0.141 e. The molecule has 1 heterocycles. The number of hydrogen-bond acceptors (Lipinski definition) is 3. The van der Waals surface area contributed by atoms with Crippen LogP contribution in [0.25, 0.3) is 0 Å². The van der Waals surface area contributed by atoms with Crippen LogP contribution in [0.1, 0.15) is 23.9 Å². The van der Waals surface area contributed by atoms with Crippen LogP contribution < -0.4 is 5.32 Å². The van der Waals surface area contributed by atoms with E-state index in [1.54, 1.807) is 6.33 Å². The average Bonchev–Trinajstić information content (AvgIpc) is 2.77. The summed E-state index contributed by atoms with van der Waals surface area (Å²) in [6.45, 7) is 6.70. The van der Waals surface area contributed by atoms with Gasteiger partial charge in [-0.05, 0) is 24.6 Å². The van der Waals surface area contributed by atoms with Crippen molar-refractivity contribution < 1.29 is 0 Å². The molecule has 90 valence electrons. The van der Waals surface area contributed by atoms with Crippen LogP contribution in [-0.2, 0) is 13.1 Å². The maximum absolute atomic E-state index is 4.27. The summed E-state index contributed by atoms with van der Waals surface area (Å²) in [4.78, 5) is 4.27. The monoisotopic (exact) mass is 230 g/mol. The van der Waals surface area contributed by atoms with Crippen LogP contribution in [-0.4, -0.2) is 21.3 Å². The van der Waals surface area contributed by atoms with E-state index >= 15 is 0 Å². The summed E-state index contributed by atoms with van der Waals surface area (Å²) in [6, 6.07) is 8.37. The molecular weight excluding hydrogens is 212 g/mol. The van der Waals surface area contributed by atoms with Crippen molar-refractivity contribution in [3.8, 4) is 0 Å². The first-order valence-corrected chi connectivity index (χ1v) is 5.93. The third-order valence-corrected chi connectivity index (χ3v) is 2.81. The largest absolute Gasteiger partial charge is 0.310 e. The van der Waals surface area contributed by atoms with Gasteiger partial charge in [-0.15, -0.1) is 0 Å². The van der Waals surface area contributed by atoms with E-state index in [1.165, 1.54) is 11.1 Å². The maximum atomic E-state index is 4.27. The number of aryl methyl sites for hydroxylation is 1. The van der Waals surface area contributed by atoms with Gasteiger partial charge in [-0.25, -0.2) is 9.67 Å². The predicted molar refractivity (Wildman–Crippen MR) is 67.7 cm³/mol. The minimum Gasteiger partial charge on any atom is -0.310 e. The zero-order valence-electron chi connectivity index (χ0n) is 10.3. The van der Waals surface area contributed by atoms with Crippen LogP contribution in [0, 0.1) is 6.92 Å². The molecule has 4 nitrogen and oxygen atoms in total. The van der Waals surface area contributed by atoms with E-state index < -0.39 is 0 Å². The van der Waals surface area contributed by atoms with Crippen molar-refractivity contribution in [1.29, 1.82) is 0 Å². The molecule has 0 atom stereocenters. The smallest absolute Gasteiger partial charge is 0.141 e. The summed E-state index contributed by atoms with van der Waals surface area (Å²) in [5.41, 5.74) is 2.58. The van der Waals surface area contributed by atoms with Crippen molar-refractivity contribution >= 4 is 0 Å². The summed E-state index contributed by atoms with van der Waals surface area (Å²) in [5, 5.41) is 7.54. The predicted octanol–water partition coefficient (Wildman–Crippen LogP) is 1.74. The first-order chi connectivity index (χ1) is 8.31. The van der Waals surface area contributed by atoms with E-state index in [0.717, 1.165) is 25.5 Å². The molecule has 0 aliphatic rings. The van der Waals surface area contributed by atoms with E-state index in [2.05, 4.69) is 53.5 Å². The number of nitrogens with zero attached hydrogens (tertiary/aromatic N) is 3. The van der Waals surface area contributed by atoms with Crippen molar-refractivity contribution in [3.63, 3.8) is 0 Å². The molecule has 0 aliphatic heterocycles. The lowest BCUT2D eigenvalue weighted by Crippen LogP contribution is -2.17. The Balaban J connectivity index is 2.13. The van der Waals surface area contributed by atoms with Gasteiger partial charge in [-0.1, -0.05) is 31.2 Å². The molecule has 4 heteroatoms. The molecule has 0 unspecified atom stereocenters. The number of nitrogens with one attached hydrogen (secondary N) is 1. The summed E-state index contributed by atoms with van der Waals surface area (Å²) >= 11 is 0. The molecule has 2 rings (SSSR count). The lowest BCUT2D eigenvalue weighted by molar-refractivity contribution is 0.594. The van der Waals surface area contributed by atoms with Gasteiger partial charge in [0.1, 0.15) is 12.2 Å². The average molecular weight is 230 g/mol. The molecule has 1 aromatic carbocycles. The van der Waals surface area contributed by atoms with E-state index in [1.807, 2.05) is 4.68 Å². The molecular formula is C13H18N4. The van der Waals surface area contributed by atoms with Crippen molar-refractivity contribution in [2.75, 3.05) is 6.54 Å². The van der Waals surface area contributed by atoms with Crippen LogP contribution in [0.4, 0.5) is 0 Å². The normalized spacial score (nSPS) is 10.7. The van der Waals surface area contributed by atoms with Gasteiger partial charge in [0.15, 0.2) is 0 Å². The molecule has 1 N–H and O–H groups in total. The van der Waals surface area contributed by atoms with Crippen LogP contribution in [0.15, 0.2) is 30.6 Å². The van der Waals surface area contributed by atoms with Crippen LogP contribution >= 0.6 is 0 Å². The number of rotatable bonds is 5. The zero-order valence-corrected chi connectivity index (χ0v) is 10.3. The molecule has 0 spiro atoms. The third-order valence-electron chi connectivity index (χ3n) is 2.81. The molecule has 0 saturated carbocycles. The molecule has 0 radical (unpaired) electrons. The molecule has 1 aromatic heterocycles. The molecule has 0 aliphatic carbocycles. The van der Waals surface area contributed by atoms with E-state index in [9.17, 15) is 0 Å². The standard InChI is InChI=1S/C13H18N4/c1-3-14-8-13-15-10-16-17(13)9-12-7-5-4-6-11(12)2/h4-7,10,14H,3,8-9H2,1-2H3. The summed E-state index contributed by atoms with van der Waals surface area (Å²) in [5.74, 6) is 0.982. The Kier molecular flexibility index (Phi) is 3.88. The van der Waals surface area contributed by atoms with Crippen molar-refractivity contribution in [2.45, 2.75) is 26.9 Å². The Labute approximate surface area is 102 Å². The second-order valence-electron chi connectivity index (χ2n) is 4.04. The Bertz CT molecular complexity index is 476. The fourth-order valence-corrected chi connectivity index (χ4v) is 1.74. The van der Waals surface area contributed by atoms with Gasteiger partial charge in [0.2, 0.25) is 0 Å². The first-order valence-electron chi connectivity index (χ1n) is 5.93. The molecule has 0 amide bonds.